The lowest BCUT2D eigenvalue weighted by Crippen LogP contribution is -2.13. The molecule has 5 nitrogen and oxygen atoms in total. The predicted molar refractivity (Wildman–Crippen MR) is 85.9 cm³/mol. The molecule has 0 unspecified atom stereocenters. The van der Waals surface area contributed by atoms with E-state index < -0.39 is 0 Å². The molecule has 2 aromatic rings. The molecule has 0 radical (unpaired) electrons. The van der Waals surface area contributed by atoms with Gasteiger partial charge in [-0.05, 0) is 37.1 Å². The molecular weight excluding hydrogens is 317 g/mol. The van der Waals surface area contributed by atoms with Crippen LogP contribution >= 0.6 is 11.8 Å². The van der Waals surface area contributed by atoms with Crippen molar-refractivity contribution in [3.05, 3.63) is 36.0 Å². The minimum absolute atomic E-state index is 0.170. The fourth-order valence-electron chi connectivity index (χ4n) is 2.65. The molecule has 1 fully saturated rings. The second kappa shape index (κ2) is 7.59. The van der Waals surface area contributed by atoms with Gasteiger partial charge in [0.1, 0.15) is 5.82 Å². The summed E-state index contributed by atoms with van der Waals surface area (Å²) < 4.78 is 18.5. The number of benzene rings is 1. The first-order valence-corrected chi connectivity index (χ1v) is 8.71. The highest BCUT2D eigenvalue weighted by Crippen LogP contribution is 2.32. The summed E-state index contributed by atoms with van der Waals surface area (Å²) in [6.07, 6.45) is 5.87. The Morgan fingerprint density at radius 3 is 2.70 bits per heavy atom. The number of thioether (sulfide) groups is 1. The molecule has 0 bridgehead atoms. The molecule has 1 heterocycles. The van der Waals surface area contributed by atoms with Crippen LogP contribution in [0.2, 0.25) is 0 Å². The van der Waals surface area contributed by atoms with E-state index in [1.165, 1.54) is 55.3 Å². The number of nitrogens with zero attached hydrogens (tertiary/aromatic N) is 2. The minimum atomic E-state index is -0.335. The number of amides is 1. The summed E-state index contributed by atoms with van der Waals surface area (Å²) in [6.45, 7) is 0. The lowest BCUT2D eigenvalue weighted by atomic mass is 9.89. The molecule has 0 atom stereocenters. The van der Waals surface area contributed by atoms with Crippen molar-refractivity contribution in [3.63, 3.8) is 0 Å². The molecule has 1 saturated carbocycles. The molecule has 1 aliphatic carbocycles. The Kier molecular flexibility index (Phi) is 5.27. The van der Waals surface area contributed by atoms with Crippen LogP contribution in [0, 0.1) is 5.82 Å². The average molecular weight is 335 g/mol. The summed E-state index contributed by atoms with van der Waals surface area (Å²) in [5.74, 6) is 0.686. The normalized spacial score (nSPS) is 15.5. The standard InChI is InChI=1S/C16H18FN3O2S/c17-12-6-8-13(9-7-12)18-14(21)10-23-16-20-19-15(22-16)11-4-2-1-3-5-11/h6-9,11H,1-5,10H2,(H,18,21). The van der Waals surface area contributed by atoms with Gasteiger partial charge in [0.15, 0.2) is 0 Å². The van der Waals surface area contributed by atoms with Gasteiger partial charge in [0.2, 0.25) is 11.8 Å². The van der Waals surface area contributed by atoms with Crippen LogP contribution in [0.15, 0.2) is 33.9 Å². The Hall–Kier alpha value is -1.89. The molecule has 122 valence electrons. The summed E-state index contributed by atoms with van der Waals surface area (Å²) in [4.78, 5) is 11.9. The van der Waals surface area contributed by atoms with Gasteiger partial charge < -0.3 is 9.73 Å². The van der Waals surface area contributed by atoms with Gasteiger partial charge >= 0.3 is 0 Å². The molecule has 1 aromatic carbocycles. The molecule has 7 heteroatoms. The second-order valence-electron chi connectivity index (χ2n) is 5.58. The molecule has 3 rings (SSSR count). The van der Waals surface area contributed by atoms with E-state index in [1.54, 1.807) is 0 Å². The zero-order valence-corrected chi connectivity index (χ0v) is 13.4. The number of aromatic nitrogens is 2. The van der Waals surface area contributed by atoms with Crippen LogP contribution in [0.25, 0.3) is 0 Å². The molecular formula is C16H18FN3O2S. The van der Waals surface area contributed by atoms with Crippen molar-refractivity contribution < 1.29 is 13.6 Å². The van der Waals surface area contributed by atoms with Crippen molar-refractivity contribution in [1.82, 2.24) is 10.2 Å². The first kappa shape index (κ1) is 16.0. The monoisotopic (exact) mass is 335 g/mol. The Morgan fingerprint density at radius 2 is 1.96 bits per heavy atom. The van der Waals surface area contributed by atoms with Crippen molar-refractivity contribution >= 4 is 23.4 Å². The lowest BCUT2D eigenvalue weighted by Gasteiger charge is -2.17. The quantitative estimate of drug-likeness (QED) is 0.837. The zero-order chi connectivity index (χ0) is 16.1. The van der Waals surface area contributed by atoms with E-state index in [-0.39, 0.29) is 17.5 Å². The zero-order valence-electron chi connectivity index (χ0n) is 12.6. The Labute approximate surface area is 138 Å². The number of halogens is 1. The number of hydrogen-bond acceptors (Lipinski definition) is 5. The minimum Gasteiger partial charge on any atom is -0.416 e. The fraction of sp³-hybridized carbons (Fsp3) is 0.438. The number of carbonyl (C=O) groups is 1. The van der Waals surface area contributed by atoms with Crippen LogP contribution in [0.1, 0.15) is 43.9 Å². The molecule has 0 aliphatic heterocycles. The van der Waals surface area contributed by atoms with Gasteiger partial charge in [0.05, 0.1) is 5.75 Å². The summed E-state index contributed by atoms with van der Waals surface area (Å²) in [6, 6.07) is 5.64. The molecule has 23 heavy (non-hydrogen) atoms. The van der Waals surface area contributed by atoms with Crippen LogP contribution < -0.4 is 5.32 Å². The van der Waals surface area contributed by atoms with Crippen molar-refractivity contribution in [2.24, 2.45) is 0 Å². The summed E-state index contributed by atoms with van der Waals surface area (Å²) in [5, 5.41) is 11.2. The van der Waals surface area contributed by atoms with E-state index >= 15 is 0 Å². The maximum absolute atomic E-state index is 12.8. The topological polar surface area (TPSA) is 68.0 Å². The van der Waals surface area contributed by atoms with Crippen molar-refractivity contribution in [1.29, 1.82) is 0 Å². The van der Waals surface area contributed by atoms with E-state index in [0.29, 0.717) is 22.7 Å². The predicted octanol–water partition coefficient (Wildman–Crippen LogP) is 3.99. The third-order valence-electron chi connectivity index (χ3n) is 3.83. The smallest absolute Gasteiger partial charge is 0.277 e. The first-order valence-electron chi connectivity index (χ1n) is 7.72. The van der Waals surface area contributed by atoms with Gasteiger partial charge in [-0.15, -0.1) is 10.2 Å². The summed E-state index contributed by atoms with van der Waals surface area (Å²) in [7, 11) is 0. The lowest BCUT2D eigenvalue weighted by molar-refractivity contribution is -0.113. The first-order chi connectivity index (χ1) is 11.2. The van der Waals surface area contributed by atoms with Crippen LogP contribution in [0.5, 0.6) is 0 Å². The van der Waals surface area contributed by atoms with Crippen LogP contribution in [0.3, 0.4) is 0 Å². The number of rotatable bonds is 5. The maximum atomic E-state index is 12.8. The SMILES string of the molecule is O=C(CSc1nnc(C2CCCCC2)o1)Nc1ccc(F)cc1. The van der Waals surface area contributed by atoms with Gasteiger partial charge in [-0.3, -0.25) is 4.79 Å². The Morgan fingerprint density at radius 1 is 1.22 bits per heavy atom. The molecule has 1 N–H and O–H groups in total. The summed E-state index contributed by atoms with van der Waals surface area (Å²) in [5.41, 5.74) is 0.561. The van der Waals surface area contributed by atoms with Crippen molar-refractivity contribution in [2.75, 3.05) is 11.1 Å². The highest BCUT2D eigenvalue weighted by atomic mass is 32.2. The van der Waals surface area contributed by atoms with E-state index in [4.69, 9.17) is 4.42 Å². The van der Waals surface area contributed by atoms with Gasteiger partial charge in [-0.2, -0.15) is 0 Å². The van der Waals surface area contributed by atoms with Crippen LogP contribution in [-0.4, -0.2) is 21.9 Å². The molecule has 1 aliphatic rings. The van der Waals surface area contributed by atoms with Crippen molar-refractivity contribution in [2.45, 2.75) is 43.2 Å². The van der Waals surface area contributed by atoms with Gasteiger partial charge in [0.25, 0.3) is 5.22 Å². The van der Waals surface area contributed by atoms with E-state index in [9.17, 15) is 9.18 Å². The van der Waals surface area contributed by atoms with E-state index in [1.807, 2.05) is 0 Å². The Bertz CT molecular complexity index is 654. The summed E-state index contributed by atoms with van der Waals surface area (Å²) >= 11 is 1.21. The fourth-order valence-corrected chi connectivity index (χ4v) is 3.22. The third kappa shape index (κ3) is 4.54. The van der Waals surface area contributed by atoms with Crippen LogP contribution in [0.4, 0.5) is 10.1 Å². The molecule has 0 saturated heterocycles. The van der Waals surface area contributed by atoms with Crippen LogP contribution in [-0.2, 0) is 4.79 Å². The largest absolute Gasteiger partial charge is 0.416 e. The maximum Gasteiger partial charge on any atom is 0.277 e. The molecule has 0 spiro atoms. The average Bonchev–Trinajstić information content (AvgIpc) is 3.05. The highest BCUT2D eigenvalue weighted by Gasteiger charge is 2.21. The third-order valence-corrected chi connectivity index (χ3v) is 4.65. The van der Waals surface area contributed by atoms with Gasteiger partial charge in [-0.25, -0.2) is 4.39 Å². The number of carbonyl (C=O) groups excluding carboxylic acids is 1. The molecule has 1 amide bonds. The van der Waals surface area contributed by atoms with E-state index in [0.717, 1.165) is 12.8 Å². The molecule has 1 aromatic heterocycles. The van der Waals surface area contributed by atoms with Gasteiger partial charge in [0, 0.05) is 11.6 Å². The number of anilines is 1. The Balaban J connectivity index is 1.49. The van der Waals surface area contributed by atoms with Gasteiger partial charge in [-0.1, -0.05) is 31.0 Å². The second-order valence-corrected chi connectivity index (χ2v) is 6.51. The highest BCUT2D eigenvalue weighted by molar-refractivity contribution is 7.99. The number of hydrogen-bond donors (Lipinski definition) is 1. The number of nitrogens with one attached hydrogen (secondary N) is 1. The van der Waals surface area contributed by atoms with Crippen molar-refractivity contribution in [3.8, 4) is 0 Å². The van der Waals surface area contributed by atoms with E-state index in [2.05, 4.69) is 15.5 Å².